The van der Waals surface area contributed by atoms with Crippen LogP contribution >= 0.6 is 0 Å². The molecule has 0 unspecified atom stereocenters. The molecular weight excluding hydrogens is 741 g/mol. The summed E-state index contributed by atoms with van der Waals surface area (Å²) in [6.45, 7) is 4.74. The van der Waals surface area contributed by atoms with Gasteiger partial charge in [-0.3, -0.25) is 0 Å². The molecule has 60 heavy (non-hydrogen) atoms. The normalized spacial score (nSPS) is 13.3. The quantitative estimate of drug-likeness (QED) is 0.117. The van der Waals surface area contributed by atoms with Gasteiger partial charge in [0.15, 0.2) is 8.07 Å². The van der Waals surface area contributed by atoms with Gasteiger partial charge in [-0.15, -0.1) is 0 Å². The van der Waals surface area contributed by atoms with E-state index in [0.29, 0.717) is 0 Å². The zero-order chi connectivity index (χ0) is 40.0. The molecule has 0 aliphatic heterocycles. The van der Waals surface area contributed by atoms with Crippen molar-refractivity contribution in [2.75, 3.05) is 0 Å². The number of rotatable bonds is 6. The van der Waals surface area contributed by atoms with Crippen molar-refractivity contribution in [2.45, 2.75) is 19.3 Å². The molecule has 0 amide bonds. The second-order valence-corrected chi connectivity index (χ2v) is 20.7. The second kappa shape index (κ2) is 13.2. The molecule has 0 spiro atoms. The Morgan fingerprint density at radius 1 is 0.350 bits per heavy atom. The monoisotopic (exact) mass is 782 g/mol. The zero-order valence-corrected chi connectivity index (χ0v) is 34.7. The van der Waals surface area contributed by atoms with E-state index in [9.17, 15) is 0 Å². The average molecular weight is 783 g/mol. The van der Waals surface area contributed by atoms with Crippen molar-refractivity contribution in [2.24, 2.45) is 0 Å². The van der Waals surface area contributed by atoms with E-state index in [1.54, 1.807) is 0 Å². The largest absolute Gasteiger partial charge is 0.309 e. The van der Waals surface area contributed by atoms with Crippen LogP contribution in [0.1, 0.15) is 25.0 Å². The molecule has 284 valence electrons. The minimum atomic E-state index is -2.89. The highest BCUT2D eigenvalue weighted by atomic mass is 28.3. The summed E-state index contributed by atoms with van der Waals surface area (Å²) in [7, 11) is -2.89. The number of para-hydroxylation sites is 3. The van der Waals surface area contributed by atoms with Crippen LogP contribution in [0.5, 0.6) is 0 Å². The maximum atomic E-state index is 2.49. The van der Waals surface area contributed by atoms with Crippen molar-refractivity contribution in [3.63, 3.8) is 0 Å². The predicted molar refractivity (Wildman–Crippen MR) is 256 cm³/mol. The highest BCUT2D eigenvalue weighted by Crippen LogP contribution is 2.53. The summed E-state index contributed by atoms with van der Waals surface area (Å²) in [6, 6.07) is 81.9. The van der Waals surface area contributed by atoms with E-state index in [0.717, 1.165) is 0 Å². The fraction of sp³-hybridized carbons (Fsp3) is 0.0526. The first-order valence-corrected chi connectivity index (χ1v) is 23.0. The Morgan fingerprint density at radius 2 is 0.850 bits per heavy atom. The number of fused-ring (bicyclic) bond motifs is 10. The van der Waals surface area contributed by atoms with Crippen molar-refractivity contribution < 1.29 is 0 Å². The summed E-state index contributed by atoms with van der Waals surface area (Å²) in [6.07, 6.45) is 0. The Hall–Kier alpha value is -7.20. The SMILES string of the molecule is CC1(C)c2ccccc2-c2c1ccc1c2c2ccccc2n1-c1ccc([Si](c2ccccc2)(c2ccccc2)c2cccc(-n3c4ccccc4c4ccccc43)c2)cc1. The summed E-state index contributed by atoms with van der Waals surface area (Å²) in [5, 5.41) is 10.6. The van der Waals surface area contributed by atoms with Crippen LogP contribution in [0.3, 0.4) is 0 Å². The molecule has 1 aliphatic rings. The van der Waals surface area contributed by atoms with E-state index in [1.165, 1.54) is 98.0 Å². The lowest BCUT2D eigenvalue weighted by Crippen LogP contribution is -2.74. The summed E-state index contributed by atoms with van der Waals surface area (Å²) < 4.78 is 4.94. The molecule has 0 fully saturated rings. The summed E-state index contributed by atoms with van der Waals surface area (Å²) in [5.74, 6) is 0. The number of hydrogen-bond acceptors (Lipinski definition) is 0. The summed E-state index contributed by atoms with van der Waals surface area (Å²) >= 11 is 0. The molecule has 11 aromatic rings. The number of aromatic nitrogens is 2. The van der Waals surface area contributed by atoms with Crippen LogP contribution in [0.25, 0.3) is 66.1 Å². The van der Waals surface area contributed by atoms with Crippen LogP contribution in [0.2, 0.25) is 0 Å². The zero-order valence-electron chi connectivity index (χ0n) is 33.7. The van der Waals surface area contributed by atoms with E-state index in [4.69, 9.17) is 0 Å². The second-order valence-electron chi connectivity index (χ2n) is 16.9. The molecule has 9 aromatic carbocycles. The highest BCUT2D eigenvalue weighted by Gasteiger charge is 2.42. The van der Waals surface area contributed by atoms with Gasteiger partial charge in [-0.25, -0.2) is 0 Å². The number of benzene rings is 9. The lowest BCUT2D eigenvalue weighted by molar-refractivity contribution is 0.661. The summed E-state index contributed by atoms with van der Waals surface area (Å²) in [4.78, 5) is 0. The van der Waals surface area contributed by atoms with Crippen LogP contribution in [0.4, 0.5) is 0 Å². The Bertz CT molecular complexity index is 3350. The summed E-state index contributed by atoms with van der Waals surface area (Å²) in [5.41, 5.74) is 12.7. The Balaban J connectivity index is 1.10. The smallest absolute Gasteiger partial charge is 0.179 e. The standard InChI is InChI=1S/C57H42N2Si/c1-57(2)49-28-13-9-26-47(49)55-50(57)36-37-54-56(55)48-27-12-16-31-53(48)58(54)39-32-34-43(35-33-39)60(41-19-5-3-6-20-41,42-21-7-4-8-22-42)44-23-17-18-40(38-44)59-51-29-14-10-24-45(51)46-25-11-15-30-52(46)59/h3-38H,1-2H3. The average Bonchev–Trinajstić information content (AvgIpc) is 3.91. The molecule has 0 bridgehead atoms. The molecule has 0 saturated carbocycles. The maximum Gasteiger partial charge on any atom is 0.179 e. The molecule has 3 heteroatoms. The lowest BCUT2D eigenvalue weighted by Gasteiger charge is -2.35. The molecule has 0 N–H and O–H groups in total. The van der Waals surface area contributed by atoms with Gasteiger partial charge in [0.05, 0.1) is 22.1 Å². The molecule has 1 aliphatic carbocycles. The molecular formula is C57H42N2Si. The van der Waals surface area contributed by atoms with Gasteiger partial charge in [0.2, 0.25) is 0 Å². The van der Waals surface area contributed by atoms with Crippen molar-refractivity contribution in [3.05, 3.63) is 230 Å². The molecule has 2 aromatic heterocycles. The first kappa shape index (κ1) is 34.8. The van der Waals surface area contributed by atoms with Crippen molar-refractivity contribution in [3.8, 4) is 22.5 Å². The van der Waals surface area contributed by atoms with Gasteiger partial charge < -0.3 is 9.13 Å². The van der Waals surface area contributed by atoms with Crippen molar-refractivity contribution in [1.82, 2.24) is 9.13 Å². The van der Waals surface area contributed by atoms with Gasteiger partial charge in [0.25, 0.3) is 0 Å². The molecule has 0 radical (unpaired) electrons. The minimum Gasteiger partial charge on any atom is -0.309 e. The van der Waals surface area contributed by atoms with E-state index >= 15 is 0 Å². The van der Waals surface area contributed by atoms with Crippen molar-refractivity contribution >= 4 is 72.4 Å². The van der Waals surface area contributed by atoms with Crippen LogP contribution in [0.15, 0.2) is 218 Å². The van der Waals surface area contributed by atoms with Gasteiger partial charge >= 0.3 is 0 Å². The topological polar surface area (TPSA) is 9.86 Å². The van der Waals surface area contributed by atoms with Crippen LogP contribution < -0.4 is 20.7 Å². The van der Waals surface area contributed by atoms with E-state index in [1.807, 2.05) is 0 Å². The molecule has 2 heterocycles. The van der Waals surface area contributed by atoms with Gasteiger partial charge in [-0.1, -0.05) is 184 Å². The van der Waals surface area contributed by atoms with Gasteiger partial charge in [0, 0.05) is 38.3 Å². The minimum absolute atomic E-state index is 0.0628. The Labute approximate surface area is 351 Å². The third kappa shape index (κ3) is 4.81. The van der Waals surface area contributed by atoms with Crippen LogP contribution in [-0.4, -0.2) is 17.2 Å². The molecule has 0 saturated heterocycles. The maximum absolute atomic E-state index is 2.89. The highest BCUT2D eigenvalue weighted by molar-refractivity contribution is 7.19. The van der Waals surface area contributed by atoms with Crippen LogP contribution in [-0.2, 0) is 5.41 Å². The van der Waals surface area contributed by atoms with Gasteiger partial charge in [-0.2, -0.15) is 0 Å². The molecule has 12 rings (SSSR count). The van der Waals surface area contributed by atoms with E-state index in [2.05, 4.69) is 241 Å². The number of nitrogens with zero attached hydrogens (tertiary/aromatic N) is 2. The van der Waals surface area contributed by atoms with Crippen LogP contribution in [0, 0.1) is 0 Å². The molecule has 2 nitrogen and oxygen atoms in total. The predicted octanol–water partition coefficient (Wildman–Crippen LogP) is 11.6. The lowest BCUT2D eigenvalue weighted by atomic mass is 9.82. The first-order valence-electron chi connectivity index (χ1n) is 21.0. The van der Waals surface area contributed by atoms with E-state index < -0.39 is 8.07 Å². The van der Waals surface area contributed by atoms with Gasteiger partial charge in [-0.05, 0) is 91.5 Å². The fourth-order valence-corrected chi connectivity index (χ4v) is 15.6. The van der Waals surface area contributed by atoms with E-state index in [-0.39, 0.29) is 5.41 Å². The third-order valence-corrected chi connectivity index (χ3v) is 18.2. The first-order chi connectivity index (χ1) is 29.5. The molecule has 0 atom stereocenters. The Morgan fingerprint density at radius 3 is 1.50 bits per heavy atom. The van der Waals surface area contributed by atoms with Crippen molar-refractivity contribution in [1.29, 1.82) is 0 Å². The fourth-order valence-electron chi connectivity index (χ4n) is 10.8. The number of hydrogen-bond donors (Lipinski definition) is 0. The Kier molecular flexibility index (Phi) is 7.63. The van der Waals surface area contributed by atoms with Gasteiger partial charge in [0.1, 0.15) is 0 Å². The third-order valence-electron chi connectivity index (χ3n) is 13.5.